The number of furan rings is 1. The number of nitrogens with one attached hydrogen (secondary N) is 2. The number of aromatic nitrogens is 2. The molecule has 1 aliphatic rings. The zero-order chi connectivity index (χ0) is 17.8. The van der Waals surface area contributed by atoms with Gasteiger partial charge in [0.25, 0.3) is 0 Å². The van der Waals surface area contributed by atoms with Gasteiger partial charge in [-0.15, -0.1) is 0 Å². The molecule has 0 spiro atoms. The van der Waals surface area contributed by atoms with Gasteiger partial charge in [-0.05, 0) is 56.2 Å². The maximum absolute atomic E-state index is 5.34. The molecule has 6 nitrogen and oxygen atoms in total. The standard InChI is InChI=1S/C20H23N5O/c1-15-13-19(21-14-18-5-4-12-26-18)24-20(22-15)23-16-6-8-17(9-7-16)25-10-2-3-11-25/h4-9,12-13H,2-3,10-11,14H2,1H3,(H2,21,22,23,24). The Bertz CT molecular complexity index is 839. The Kier molecular flexibility index (Phi) is 4.73. The largest absolute Gasteiger partial charge is 0.467 e. The predicted molar refractivity (Wildman–Crippen MR) is 104 cm³/mol. The quantitative estimate of drug-likeness (QED) is 0.690. The molecule has 0 amide bonds. The second kappa shape index (κ2) is 7.47. The molecule has 2 aromatic heterocycles. The summed E-state index contributed by atoms with van der Waals surface area (Å²) in [6, 6.07) is 14.2. The van der Waals surface area contributed by atoms with Crippen LogP contribution in [0.5, 0.6) is 0 Å². The molecule has 26 heavy (non-hydrogen) atoms. The fraction of sp³-hybridized carbons (Fsp3) is 0.300. The van der Waals surface area contributed by atoms with Crippen molar-refractivity contribution in [3.05, 3.63) is 60.2 Å². The lowest BCUT2D eigenvalue weighted by atomic mass is 10.2. The molecule has 6 heteroatoms. The summed E-state index contributed by atoms with van der Waals surface area (Å²) in [5.74, 6) is 2.22. The van der Waals surface area contributed by atoms with E-state index >= 15 is 0 Å². The van der Waals surface area contributed by atoms with Crippen LogP contribution in [-0.2, 0) is 6.54 Å². The van der Waals surface area contributed by atoms with Crippen LogP contribution in [0.2, 0.25) is 0 Å². The lowest BCUT2D eigenvalue weighted by Gasteiger charge is -2.18. The second-order valence-corrected chi connectivity index (χ2v) is 6.52. The molecule has 3 heterocycles. The molecule has 3 aromatic rings. The molecular weight excluding hydrogens is 326 g/mol. The zero-order valence-corrected chi connectivity index (χ0v) is 14.9. The third-order valence-electron chi connectivity index (χ3n) is 4.47. The van der Waals surface area contributed by atoms with Gasteiger partial charge in [0.15, 0.2) is 0 Å². The molecule has 0 aliphatic carbocycles. The monoisotopic (exact) mass is 349 g/mol. The highest BCUT2D eigenvalue weighted by Gasteiger charge is 2.12. The molecule has 1 aliphatic heterocycles. The van der Waals surface area contributed by atoms with Crippen molar-refractivity contribution in [2.24, 2.45) is 0 Å². The Labute approximate surface area is 153 Å². The number of hydrogen-bond acceptors (Lipinski definition) is 6. The Morgan fingerprint density at radius 3 is 2.62 bits per heavy atom. The minimum Gasteiger partial charge on any atom is -0.467 e. The van der Waals surface area contributed by atoms with Gasteiger partial charge in [0.2, 0.25) is 5.95 Å². The number of hydrogen-bond donors (Lipinski definition) is 2. The Hall–Kier alpha value is -3.02. The van der Waals surface area contributed by atoms with E-state index in [1.165, 1.54) is 18.5 Å². The van der Waals surface area contributed by atoms with E-state index in [1.54, 1.807) is 6.26 Å². The average molecular weight is 349 g/mol. The number of nitrogens with zero attached hydrogens (tertiary/aromatic N) is 3. The summed E-state index contributed by atoms with van der Waals surface area (Å²) in [6.07, 6.45) is 4.23. The van der Waals surface area contributed by atoms with Crippen molar-refractivity contribution in [2.75, 3.05) is 28.6 Å². The van der Waals surface area contributed by atoms with Gasteiger partial charge in [-0.1, -0.05) is 0 Å². The minimum atomic E-state index is 0.584. The van der Waals surface area contributed by atoms with Crippen molar-refractivity contribution in [1.29, 1.82) is 0 Å². The number of anilines is 4. The molecule has 1 fully saturated rings. The van der Waals surface area contributed by atoms with Gasteiger partial charge >= 0.3 is 0 Å². The van der Waals surface area contributed by atoms with Crippen molar-refractivity contribution < 1.29 is 4.42 Å². The zero-order valence-electron chi connectivity index (χ0n) is 14.9. The topological polar surface area (TPSA) is 66.2 Å². The van der Waals surface area contributed by atoms with E-state index in [0.717, 1.165) is 36.0 Å². The van der Waals surface area contributed by atoms with Crippen LogP contribution in [0, 0.1) is 6.92 Å². The first-order chi connectivity index (χ1) is 12.8. The van der Waals surface area contributed by atoms with Crippen LogP contribution in [0.15, 0.2) is 53.1 Å². The molecular formula is C20H23N5O. The predicted octanol–water partition coefficient (Wildman–Crippen LogP) is 4.33. The van der Waals surface area contributed by atoms with E-state index in [-0.39, 0.29) is 0 Å². The van der Waals surface area contributed by atoms with E-state index in [0.29, 0.717) is 12.5 Å². The minimum absolute atomic E-state index is 0.584. The Morgan fingerprint density at radius 2 is 1.88 bits per heavy atom. The Morgan fingerprint density at radius 1 is 1.08 bits per heavy atom. The molecule has 0 atom stereocenters. The summed E-state index contributed by atoms with van der Waals surface area (Å²) >= 11 is 0. The molecule has 4 rings (SSSR count). The van der Waals surface area contributed by atoms with Crippen molar-refractivity contribution >= 4 is 23.1 Å². The number of aryl methyl sites for hydroxylation is 1. The molecule has 1 aromatic carbocycles. The van der Waals surface area contributed by atoms with Crippen LogP contribution in [0.3, 0.4) is 0 Å². The fourth-order valence-corrected chi connectivity index (χ4v) is 3.17. The molecule has 1 saturated heterocycles. The van der Waals surface area contributed by atoms with Crippen LogP contribution in [0.4, 0.5) is 23.1 Å². The van der Waals surface area contributed by atoms with Gasteiger partial charge in [0, 0.05) is 36.2 Å². The molecule has 0 radical (unpaired) electrons. The maximum atomic E-state index is 5.34. The summed E-state index contributed by atoms with van der Waals surface area (Å²) in [7, 11) is 0. The van der Waals surface area contributed by atoms with Crippen LogP contribution in [0.1, 0.15) is 24.3 Å². The summed E-state index contributed by atoms with van der Waals surface area (Å²) in [4.78, 5) is 11.4. The first-order valence-corrected chi connectivity index (χ1v) is 9.00. The molecule has 134 valence electrons. The third kappa shape index (κ3) is 3.96. The van der Waals surface area contributed by atoms with Crippen molar-refractivity contribution in [1.82, 2.24) is 9.97 Å². The maximum Gasteiger partial charge on any atom is 0.229 e. The van der Waals surface area contributed by atoms with E-state index in [4.69, 9.17) is 4.42 Å². The van der Waals surface area contributed by atoms with E-state index in [9.17, 15) is 0 Å². The smallest absolute Gasteiger partial charge is 0.229 e. The van der Waals surface area contributed by atoms with Gasteiger partial charge in [-0.25, -0.2) is 4.98 Å². The molecule has 0 unspecified atom stereocenters. The van der Waals surface area contributed by atoms with Crippen molar-refractivity contribution in [3.8, 4) is 0 Å². The van der Waals surface area contributed by atoms with Crippen molar-refractivity contribution in [2.45, 2.75) is 26.3 Å². The first-order valence-electron chi connectivity index (χ1n) is 9.00. The van der Waals surface area contributed by atoms with Crippen LogP contribution >= 0.6 is 0 Å². The lowest BCUT2D eigenvalue weighted by molar-refractivity contribution is 0.518. The molecule has 0 saturated carbocycles. The van der Waals surface area contributed by atoms with Crippen LogP contribution in [0.25, 0.3) is 0 Å². The van der Waals surface area contributed by atoms with Crippen molar-refractivity contribution in [3.63, 3.8) is 0 Å². The highest BCUT2D eigenvalue weighted by atomic mass is 16.3. The van der Waals surface area contributed by atoms with Gasteiger partial charge in [0.1, 0.15) is 11.6 Å². The van der Waals surface area contributed by atoms with Gasteiger partial charge < -0.3 is 20.0 Å². The summed E-state index contributed by atoms with van der Waals surface area (Å²) in [5.41, 5.74) is 3.16. The van der Waals surface area contributed by atoms with Crippen LogP contribution in [-0.4, -0.2) is 23.1 Å². The van der Waals surface area contributed by atoms with Gasteiger partial charge in [-0.2, -0.15) is 4.98 Å². The summed E-state index contributed by atoms with van der Waals surface area (Å²) < 4.78 is 5.34. The Balaban J connectivity index is 1.43. The van der Waals surface area contributed by atoms with Gasteiger partial charge in [0.05, 0.1) is 12.8 Å². The molecule has 2 N–H and O–H groups in total. The normalized spacial score (nSPS) is 13.8. The fourth-order valence-electron chi connectivity index (χ4n) is 3.17. The number of rotatable bonds is 6. The van der Waals surface area contributed by atoms with Crippen LogP contribution < -0.4 is 15.5 Å². The van der Waals surface area contributed by atoms with E-state index in [2.05, 4.69) is 49.8 Å². The van der Waals surface area contributed by atoms with E-state index in [1.807, 2.05) is 25.1 Å². The molecule has 0 bridgehead atoms. The third-order valence-corrected chi connectivity index (χ3v) is 4.47. The van der Waals surface area contributed by atoms with Gasteiger partial charge in [-0.3, -0.25) is 0 Å². The second-order valence-electron chi connectivity index (χ2n) is 6.52. The highest BCUT2D eigenvalue weighted by Crippen LogP contribution is 2.23. The number of benzene rings is 1. The SMILES string of the molecule is Cc1cc(NCc2ccco2)nc(Nc2ccc(N3CCCC3)cc2)n1. The summed E-state index contributed by atoms with van der Waals surface area (Å²) in [5, 5.41) is 6.56. The van der Waals surface area contributed by atoms with E-state index < -0.39 is 0 Å². The average Bonchev–Trinajstić information content (AvgIpc) is 3.34. The highest BCUT2D eigenvalue weighted by molar-refractivity contribution is 5.60. The first kappa shape index (κ1) is 16.4. The lowest BCUT2D eigenvalue weighted by Crippen LogP contribution is -2.17. The summed E-state index contributed by atoms with van der Waals surface area (Å²) in [6.45, 7) is 4.85.